The number of amides is 1. The highest BCUT2D eigenvalue weighted by Crippen LogP contribution is 2.47. The van der Waals surface area contributed by atoms with E-state index in [0.29, 0.717) is 24.5 Å². The number of anilines is 2. The summed E-state index contributed by atoms with van der Waals surface area (Å²) in [6.45, 7) is 8.45. The van der Waals surface area contributed by atoms with Crippen LogP contribution in [0.25, 0.3) is 11.1 Å². The number of nitrogens with one attached hydrogen (secondary N) is 1. The first-order chi connectivity index (χ1) is 17.8. The van der Waals surface area contributed by atoms with Gasteiger partial charge in [0.1, 0.15) is 16.7 Å². The molecule has 2 fully saturated rings. The second-order valence-corrected chi connectivity index (χ2v) is 10.2. The van der Waals surface area contributed by atoms with Crippen molar-refractivity contribution < 1.29 is 13.9 Å². The van der Waals surface area contributed by atoms with Gasteiger partial charge in [-0.1, -0.05) is 24.4 Å². The van der Waals surface area contributed by atoms with Crippen molar-refractivity contribution >= 4 is 28.9 Å². The van der Waals surface area contributed by atoms with Crippen molar-refractivity contribution in [2.75, 3.05) is 36.5 Å². The van der Waals surface area contributed by atoms with Crippen molar-refractivity contribution in [3.63, 3.8) is 0 Å². The van der Waals surface area contributed by atoms with Gasteiger partial charge in [-0.25, -0.2) is 14.4 Å². The molecule has 0 spiro atoms. The van der Waals surface area contributed by atoms with Crippen LogP contribution in [-0.4, -0.2) is 42.2 Å². The van der Waals surface area contributed by atoms with Crippen LogP contribution in [0.4, 0.5) is 15.8 Å². The number of carbonyl (C=O) groups excluding carboxylic acids is 1. The Morgan fingerprint density at radius 2 is 1.95 bits per heavy atom. The molecule has 1 aromatic carbocycles. The molecule has 8 heteroatoms. The number of hydrogen-bond acceptors (Lipinski definition) is 5. The number of carbonyl (C=O) groups is 1. The van der Waals surface area contributed by atoms with Crippen LogP contribution in [-0.2, 0) is 10.2 Å². The lowest BCUT2D eigenvalue weighted by Crippen LogP contribution is -2.36. The Labute approximate surface area is 221 Å². The van der Waals surface area contributed by atoms with Gasteiger partial charge in [-0.2, -0.15) is 0 Å². The lowest BCUT2D eigenvalue weighted by Gasteiger charge is -2.29. The fourth-order valence-electron chi connectivity index (χ4n) is 4.52. The number of morpholine rings is 1. The molecule has 1 amide bonds. The SMILES string of the molecule is CC#Cc1ncc(-c2cc(NC(=O)c3cc(Cl)nc(C4(C)CC4)c3)c(F)cc2C)cc1N1CCOCC1. The van der Waals surface area contributed by atoms with Crippen LogP contribution in [0.2, 0.25) is 5.15 Å². The number of nitrogens with zero attached hydrogens (tertiary/aromatic N) is 3. The third kappa shape index (κ3) is 5.31. The summed E-state index contributed by atoms with van der Waals surface area (Å²) in [6.07, 6.45) is 3.74. The van der Waals surface area contributed by atoms with E-state index >= 15 is 4.39 Å². The van der Waals surface area contributed by atoms with Gasteiger partial charge in [0.25, 0.3) is 5.91 Å². The first kappa shape index (κ1) is 25.2. The number of aryl methyl sites for hydroxylation is 1. The summed E-state index contributed by atoms with van der Waals surface area (Å²) < 4.78 is 20.5. The molecule has 3 aromatic rings. The molecule has 1 saturated heterocycles. The normalized spacial score (nSPS) is 16.1. The molecule has 0 radical (unpaired) electrons. The first-order valence-electron chi connectivity index (χ1n) is 12.3. The quantitative estimate of drug-likeness (QED) is 0.344. The zero-order valence-electron chi connectivity index (χ0n) is 21.1. The number of ether oxygens (including phenoxy) is 1. The summed E-state index contributed by atoms with van der Waals surface area (Å²) in [6, 6.07) is 8.35. The largest absolute Gasteiger partial charge is 0.378 e. The van der Waals surface area contributed by atoms with Gasteiger partial charge in [0, 0.05) is 41.5 Å². The van der Waals surface area contributed by atoms with Gasteiger partial charge < -0.3 is 15.0 Å². The molecular formula is C29H28ClFN4O2. The number of hydrogen-bond donors (Lipinski definition) is 1. The summed E-state index contributed by atoms with van der Waals surface area (Å²) in [7, 11) is 0. The number of halogens is 2. The monoisotopic (exact) mass is 518 g/mol. The fraction of sp³-hybridized carbons (Fsp3) is 0.345. The fourth-order valence-corrected chi connectivity index (χ4v) is 4.72. The van der Waals surface area contributed by atoms with Gasteiger partial charge in [-0.3, -0.25) is 4.79 Å². The third-order valence-corrected chi connectivity index (χ3v) is 7.20. The second kappa shape index (κ2) is 10.1. The van der Waals surface area contributed by atoms with Crippen molar-refractivity contribution in [3.05, 3.63) is 70.0 Å². The molecule has 1 N–H and O–H groups in total. The predicted octanol–water partition coefficient (Wildman–Crippen LogP) is 5.76. The first-order valence-corrected chi connectivity index (χ1v) is 12.7. The maximum Gasteiger partial charge on any atom is 0.255 e. The maximum atomic E-state index is 15.0. The highest BCUT2D eigenvalue weighted by atomic mass is 35.5. The summed E-state index contributed by atoms with van der Waals surface area (Å²) in [5.74, 6) is 5.05. The molecule has 0 atom stereocenters. The van der Waals surface area contributed by atoms with Crippen molar-refractivity contribution in [1.82, 2.24) is 9.97 Å². The van der Waals surface area contributed by atoms with Gasteiger partial charge >= 0.3 is 0 Å². The second-order valence-electron chi connectivity index (χ2n) is 9.79. The molecule has 3 heterocycles. The molecule has 5 rings (SSSR count). The number of benzene rings is 1. The van der Waals surface area contributed by atoms with E-state index in [1.54, 1.807) is 25.3 Å². The van der Waals surface area contributed by atoms with E-state index < -0.39 is 11.7 Å². The smallest absolute Gasteiger partial charge is 0.255 e. The molecule has 2 aromatic heterocycles. The van der Waals surface area contributed by atoms with Gasteiger partial charge in [0.05, 0.1) is 24.6 Å². The molecule has 2 aliphatic rings. The molecular weight excluding hydrogens is 491 g/mol. The van der Waals surface area contributed by atoms with Gasteiger partial charge in [0.2, 0.25) is 0 Å². The molecule has 1 aliphatic carbocycles. The molecule has 1 aliphatic heterocycles. The minimum Gasteiger partial charge on any atom is -0.378 e. The Hall–Kier alpha value is -3.47. The Morgan fingerprint density at radius 3 is 2.65 bits per heavy atom. The number of pyridine rings is 2. The zero-order chi connectivity index (χ0) is 26.2. The predicted molar refractivity (Wildman–Crippen MR) is 144 cm³/mol. The van der Waals surface area contributed by atoms with Crippen LogP contribution in [0.15, 0.2) is 36.5 Å². The van der Waals surface area contributed by atoms with Crippen LogP contribution in [0.5, 0.6) is 0 Å². The van der Waals surface area contributed by atoms with Crippen LogP contribution < -0.4 is 10.2 Å². The van der Waals surface area contributed by atoms with Crippen molar-refractivity contribution in [3.8, 4) is 23.0 Å². The van der Waals surface area contributed by atoms with Gasteiger partial charge in [0.15, 0.2) is 0 Å². The van der Waals surface area contributed by atoms with E-state index in [0.717, 1.165) is 54.0 Å². The van der Waals surface area contributed by atoms with E-state index in [4.69, 9.17) is 16.3 Å². The summed E-state index contributed by atoms with van der Waals surface area (Å²) in [4.78, 5) is 24.3. The standard InChI is InChI=1S/C29H28ClFN4O2/c1-4-5-23-25(35-8-10-37-11-9-35)13-20(17-32-23)21-16-24(22(31)12-18(21)2)33-28(36)19-14-26(29(3)6-7-29)34-27(30)15-19/h12-17H,6-11H2,1-3H3,(H,33,36). The Kier molecular flexibility index (Phi) is 6.89. The molecule has 190 valence electrons. The van der Waals surface area contributed by atoms with Gasteiger partial charge in [-0.05, 0) is 74.1 Å². The van der Waals surface area contributed by atoms with Crippen LogP contribution in [0, 0.1) is 24.6 Å². The van der Waals surface area contributed by atoms with Gasteiger partial charge in [-0.15, -0.1) is 0 Å². The lowest BCUT2D eigenvalue weighted by atomic mass is 9.99. The van der Waals surface area contributed by atoms with E-state index in [-0.39, 0.29) is 16.3 Å². The highest BCUT2D eigenvalue weighted by Gasteiger charge is 2.41. The minimum atomic E-state index is -0.515. The maximum absolute atomic E-state index is 15.0. The average molecular weight is 519 g/mol. The topological polar surface area (TPSA) is 67.4 Å². The third-order valence-electron chi connectivity index (χ3n) is 7.01. The average Bonchev–Trinajstić information content (AvgIpc) is 3.65. The number of rotatable bonds is 5. The van der Waals surface area contributed by atoms with Crippen LogP contribution >= 0.6 is 11.6 Å². The zero-order valence-corrected chi connectivity index (χ0v) is 21.9. The van der Waals surface area contributed by atoms with E-state index in [1.165, 1.54) is 12.1 Å². The summed E-state index contributed by atoms with van der Waals surface area (Å²) in [5, 5.41) is 2.98. The molecule has 0 bridgehead atoms. The summed E-state index contributed by atoms with van der Waals surface area (Å²) >= 11 is 6.21. The Morgan fingerprint density at radius 1 is 1.19 bits per heavy atom. The van der Waals surface area contributed by atoms with Crippen molar-refractivity contribution in [1.29, 1.82) is 0 Å². The van der Waals surface area contributed by atoms with Crippen LogP contribution in [0.1, 0.15) is 54.0 Å². The van der Waals surface area contributed by atoms with Crippen molar-refractivity contribution in [2.24, 2.45) is 0 Å². The minimum absolute atomic E-state index is 0.0539. The van der Waals surface area contributed by atoms with E-state index in [1.807, 2.05) is 13.0 Å². The van der Waals surface area contributed by atoms with E-state index in [9.17, 15) is 4.79 Å². The highest BCUT2D eigenvalue weighted by molar-refractivity contribution is 6.29. The molecule has 37 heavy (non-hydrogen) atoms. The summed E-state index contributed by atoms with van der Waals surface area (Å²) in [5.41, 5.74) is 5.09. The lowest BCUT2D eigenvalue weighted by molar-refractivity contribution is 0.102. The molecule has 6 nitrogen and oxygen atoms in total. The Balaban J connectivity index is 1.48. The van der Waals surface area contributed by atoms with E-state index in [2.05, 4.69) is 38.9 Å². The molecule has 0 unspecified atom stereocenters. The van der Waals surface area contributed by atoms with Crippen LogP contribution in [0.3, 0.4) is 0 Å². The molecule has 1 saturated carbocycles. The van der Waals surface area contributed by atoms with Crippen molar-refractivity contribution in [2.45, 2.75) is 39.0 Å². The number of aromatic nitrogens is 2. The Bertz CT molecular complexity index is 1440.